The third kappa shape index (κ3) is 3.45. The Balaban J connectivity index is 2.05. The minimum absolute atomic E-state index is 0.143. The molecule has 0 amide bonds. The molecule has 2 unspecified atom stereocenters. The Morgan fingerprint density at radius 2 is 1.85 bits per heavy atom. The van der Waals surface area contributed by atoms with Crippen LogP contribution in [0.4, 0.5) is 0 Å². The normalized spacial score (nSPS) is 15.1. The van der Waals surface area contributed by atoms with E-state index in [9.17, 15) is 0 Å². The minimum Gasteiger partial charge on any atom is -0.339 e. The maximum absolute atomic E-state index is 6.20. The monoisotopic (exact) mass is 273 g/mol. The maximum atomic E-state index is 6.20. The first-order valence-electron chi connectivity index (χ1n) is 7.02. The van der Waals surface area contributed by atoms with E-state index >= 15 is 0 Å². The van der Waals surface area contributed by atoms with Crippen LogP contribution in [0, 0.1) is 0 Å². The molecule has 2 N–H and O–H groups in total. The molecule has 108 valence electrons. The summed E-state index contributed by atoms with van der Waals surface area (Å²) >= 11 is 0. The smallest absolute Gasteiger partial charge is 0.232 e. The van der Waals surface area contributed by atoms with Crippen molar-refractivity contribution in [2.24, 2.45) is 5.73 Å². The molecule has 1 aromatic heterocycles. The number of benzene rings is 1. The van der Waals surface area contributed by atoms with E-state index < -0.39 is 0 Å². The van der Waals surface area contributed by atoms with Crippen molar-refractivity contribution >= 4 is 0 Å². The zero-order valence-corrected chi connectivity index (χ0v) is 12.6. The van der Waals surface area contributed by atoms with E-state index in [1.807, 2.05) is 39.0 Å². The molecule has 1 aromatic carbocycles. The van der Waals surface area contributed by atoms with Gasteiger partial charge in [-0.15, -0.1) is 0 Å². The lowest BCUT2D eigenvalue weighted by Gasteiger charge is -2.15. The number of nitrogens with zero attached hydrogens (tertiary/aromatic N) is 2. The molecule has 0 aliphatic heterocycles. The topological polar surface area (TPSA) is 64.9 Å². The van der Waals surface area contributed by atoms with Gasteiger partial charge in [0.05, 0.1) is 6.04 Å². The van der Waals surface area contributed by atoms with E-state index in [-0.39, 0.29) is 11.5 Å². The van der Waals surface area contributed by atoms with E-state index in [1.54, 1.807) is 0 Å². The Kier molecular flexibility index (Phi) is 4.23. The predicted molar refractivity (Wildman–Crippen MR) is 79.4 cm³/mol. The number of nitrogens with two attached hydrogens (primary N) is 1. The summed E-state index contributed by atoms with van der Waals surface area (Å²) in [6.45, 7) is 8.30. The van der Waals surface area contributed by atoms with E-state index in [0.717, 1.165) is 6.42 Å². The molecule has 20 heavy (non-hydrogen) atoms. The van der Waals surface area contributed by atoms with Gasteiger partial charge in [0.2, 0.25) is 5.89 Å². The molecule has 0 fully saturated rings. The van der Waals surface area contributed by atoms with Crippen LogP contribution >= 0.6 is 0 Å². The van der Waals surface area contributed by atoms with Crippen molar-refractivity contribution in [1.29, 1.82) is 0 Å². The summed E-state index contributed by atoms with van der Waals surface area (Å²) in [5.41, 5.74) is 7.34. The summed E-state index contributed by atoms with van der Waals surface area (Å²) in [6.07, 6.45) is 0.799. The molecule has 2 atom stereocenters. The van der Waals surface area contributed by atoms with Crippen molar-refractivity contribution in [3.8, 4) is 0 Å². The molecule has 0 bridgehead atoms. The molecule has 0 radical (unpaired) electrons. The molecular formula is C16H23N3O. The highest BCUT2D eigenvalue weighted by molar-refractivity contribution is 5.19. The largest absolute Gasteiger partial charge is 0.339 e. The molecule has 0 saturated heterocycles. The Morgan fingerprint density at radius 3 is 2.40 bits per heavy atom. The Morgan fingerprint density at radius 1 is 1.20 bits per heavy atom. The van der Waals surface area contributed by atoms with Gasteiger partial charge in [0.15, 0.2) is 5.82 Å². The van der Waals surface area contributed by atoms with Gasteiger partial charge in [0, 0.05) is 5.41 Å². The first-order valence-corrected chi connectivity index (χ1v) is 7.02. The Hall–Kier alpha value is -1.68. The van der Waals surface area contributed by atoms with Crippen LogP contribution in [0.1, 0.15) is 63.4 Å². The van der Waals surface area contributed by atoms with Crippen LogP contribution in [-0.4, -0.2) is 10.1 Å². The SMILES string of the molecule is CC(CC(N)c1noc(C(C)(C)C)n1)c1ccccc1. The molecule has 2 rings (SSSR count). The molecule has 0 spiro atoms. The van der Waals surface area contributed by atoms with E-state index in [0.29, 0.717) is 17.6 Å². The van der Waals surface area contributed by atoms with Gasteiger partial charge in [-0.05, 0) is 17.9 Å². The second-order valence-corrected chi connectivity index (χ2v) is 6.36. The highest BCUT2D eigenvalue weighted by Gasteiger charge is 2.24. The molecule has 4 nitrogen and oxygen atoms in total. The van der Waals surface area contributed by atoms with Crippen molar-refractivity contribution < 1.29 is 4.52 Å². The fourth-order valence-corrected chi connectivity index (χ4v) is 2.09. The lowest BCUT2D eigenvalue weighted by Crippen LogP contribution is -2.16. The van der Waals surface area contributed by atoms with Crippen molar-refractivity contribution in [2.45, 2.75) is 51.5 Å². The number of hydrogen-bond donors (Lipinski definition) is 1. The van der Waals surface area contributed by atoms with Crippen molar-refractivity contribution in [1.82, 2.24) is 10.1 Å². The third-order valence-electron chi connectivity index (χ3n) is 3.39. The Bertz CT molecular complexity index is 542. The molecule has 4 heteroatoms. The highest BCUT2D eigenvalue weighted by atomic mass is 16.5. The first-order chi connectivity index (χ1) is 9.38. The summed E-state index contributed by atoms with van der Waals surface area (Å²) in [7, 11) is 0. The zero-order chi connectivity index (χ0) is 14.8. The molecule has 2 aromatic rings. The van der Waals surface area contributed by atoms with Crippen LogP contribution < -0.4 is 5.73 Å². The van der Waals surface area contributed by atoms with Crippen LogP contribution in [0.3, 0.4) is 0 Å². The van der Waals surface area contributed by atoms with E-state index in [4.69, 9.17) is 10.3 Å². The van der Waals surface area contributed by atoms with Crippen LogP contribution in [0.5, 0.6) is 0 Å². The molecule has 0 aliphatic carbocycles. The summed E-state index contributed by atoms with van der Waals surface area (Å²) in [5.74, 6) is 1.59. The maximum Gasteiger partial charge on any atom is 0.232 e. The van der Waals surface area contributed by atoms with Gasteiger partial charge in [-0.2, -0.15) is 4.98 Å². The van der Waals surface area contributed by atoms with Gasteiger partial charge < -0.3 is 10.3 Å². The molecule has 0 aliphatic rings. The van der Waals surface area contributed by atoms with Crippen molar-refractivity contribution in [2.75, 3.05) is 0 Å². The average Bonchev–Trinajstić information content (AvgIpc) is 2.89. The second-order valence-electron chi connectivity index (χ2n) is 6.36. The standard InChI is InChI=1S/C16H23N3O/c1-11(12-8-6-5-7-9-12)10-13(17)14-18-15(20-19-14)16(2,3)4/h5-9,11,13H,10,17H2,1-4H3. The van der Waals surface area contributed by atoms with Gasteiger partial charge in [0.25, 0.3) is 0 Å². The summed E-state index contributed by atoms with van der Waals surface area (Å²) < 4.78 is 5.30. The number of rotatable bonds is 4. The quantitative estimate of drug-likeness (QED) is 0.925. The summed E-state index contributed by atoms with van der Waals surface area (Å²) in [6, 6.07) is 10.1. The van der Waals surface area contributed by atoms with E-state index in [2.05, 4.69) is 29.2 Å². The summed E-state index contributed by atoms with van der Waals surface area (Å²) in [5, 5.41) is 4.02. The lowest BCUT2D eigenvalue weighted by molar-refractivity contribution is 0.316. The van der Waals surface area contributed by atoms with Gasteiger partial charge >= 0.3 is 0 Å². The van der Waals surface area contributed by atoms with Gasteiger partial charge in [-0.25, -0.2) is 0 Å². The van der Waals surface area contributed by atoms with Gasteiger partial charge in [-0.1, -0.05) is 63.2 Å². The van der Waals surface area contributed by atoms with Crippen LogP contribution in [0.2, 0.25) is 0 Å². The van der Waals surface area contributed by atoms with Crippen LogP contribution in [-0.2, 0) is 5.41 Å². The second kappa shape index (κ2) is 5.75. The average molecular weight is 273 g/mol. The summed E-state index contributed by atoms with van der Waals surface area (Å²) in [4.78, 5) is 4.43. The molecule has 0 saturated carbocycles. The fourth-order valence-electron chi connectivity index (χ4n) is 2.09. The predicted octanol–water partition coefficient (Wildman–Crippen LogP) is 3.56. The van der Waals surface area contributed by atoms with Crippen LogP contribution in [0.15, 0.2) is 34.9 Å². The van der Waals surface area contributed by atoms with Crippen molar-refractivity contribution in [3.63, 3.8) is 0 Å². The van der Waals surface area contributed by atoms with Gasteiger partial charge in [-0.3, -0.25) is 0 Å². The van der Waals surface area contributed by atoms with Gasteiger partial charge in [0.1, 0.15) is 0 Å². The van der Waals surface area contributed by atoms with E-state index in [1.165, 1.54) is 5.56 Å². The number of aromatic nitrogens is 2. The third-order valence-corrected chi connectivity index (χ3v) is 3.39. The van der Waals surface area contributed by atoms with Crippen LogP contribution in [0.25, 0.3) is 0 Å². The fraction of sp³-hybridized carbons (Fsp3) is 0.500. The first kappa shape index (κ1) is 14.7. The highest BCUT2D eigenvalue weighted by Crippen LogP contribution is 2.27. The molecular weight excluding hydrogens is 250 g/mol. The zero-order valence-electron chi connectivity index (χ0n) is 12.6. The number of hydrogen-bond acceptors (Lipinski definition) is 4. The lowest BCUT2D eigenvalue weighted by atomic mass is 9.94. The van der Waals surface area contributed by atoms with Crippen molar-refractivity contribution in [3.05, 3.63) is 47.6 Å². The molecule has 1 heterocycles. The Labute approximate surface area is 120 Å². The minimum atomic E-state index is -0.204.